The molecule has 0 N–H and O–H groups in total. The van der Waals surface area contributed by atoms with Crippen LogP contribution >= 0.6 is 11.8 Å². The number of rotatable bonds is 5. The van der Waals surface area contributed by atoms with Crippen LogP contribution in [0.15, 0.2) is 65.6 Å². The van der Waals surface area contributed by atoms with E-state index in [1.165, 1.54) is 24.7 Å². The van der Waals surface area contributed by atoms with Crippen LogP contribution in [0.4, 0.5) is 0 Å². The van der Waals surface area contributed by atoms with Gasteiger partial charge in [-0.05, 0) is 73.2 Å². The summed E-state index contributed by atoms with van der Waals surface area (Å²) in [6.07, 6.45) is 7.41. The lowest BCUT2D eigenvalue weighted by atomic mass is 10.1. The van der Waals surface area contributed by atoms with Crippen LogP contribution in [0.25, 0.3) is 0 Å². The van der Waals surface area contributed by atoms with Gasteiger partial charge in [0.1, 0.15) is 17.2 Å². The van der Waals surface area contributed by atoms with E-state index < -0.39 is 0 Å². The molecule has 2 aliphatic rings. The Morgan fingerprint density at radius 1 is 0.920 bits per heavy atom. The van der Waals surface area contributed by atoms with Gasteiger partial charge in [0.25, 0.3) is 0 Å². The summed E-state index contributed by atoms with van der Waals surface area (Å²) < 4.78 is 10.9. The first kappa shape index (κ1) is 16.3. The van der Waals surface area contributed by atoms with Gasteiger partial charge in [-0.2, -0.15) is 0 Å². The number of thioether (sulfide) groups is 1. The van der Waals surface area contributed by atoms with Gasteiger partial charge >= 0.3 is 5.97 Å². The van der Waals surface area contributed by atoms with Crippen molar-refractivity contribution in [2.45, 2.75) is 29.9 Å². The predicted molar refractivity (Wildman–Crippen MR) is 99.3 cm³/mol. The zero-order valence-corrected chi connectivity index (χ0v) is 14.9. The molecule has 0 saturated heterocycles. The van der Waals surface area contributed by atoms with Crippen molar-refractivity contribution in [2.24, 2.45) is 11.8 Å². The summed E-state index contributed by atoms with van der Waals surface area (Å²) in [4.78, 5) is 12.2. The molecule has 1 fully saturated rings. The van der Waals surface area contributed by atoms with Gasteiger partial charge in [-0.25, -0.2) is 0 Å². The lowest BCUT2D eigenvalue weighted by Gasteiger charge is -2.17. The Kier molecular flexibility index (Phi) is 4.53. The smallest absolute Gasteiger partial charge is 0.308 e. The summed E-state index contributed by atoms with van der Waals surface area (Å²) in [5.74, 6) is 3.27. The molecule has 4 heteroatoms. The van der Waals surface area contributed by atoms with Crippen LogP contribution in [0.3, 0.4) is 0 Å². The Morgan fingerprint density at radius 2 is 1.56 bits per heavy atom. The van der Waals surface area contributed by atoms with Crippen LogP contribution in [-0.4, -0.2) is 11.2 Å². The van der Waals surface area contributed by atoms with Crippen molar-refractivity contribution < 1.29 is 14.3 Å². The number of hydrogen-bond acceptors (Lipinski definition) is 4. The number of benzene rings is 2. The molecule has 0 radical (unpaired) electrons. The zero-order chi connectivity index (χ0) is 17.2. The SMILES string of the molecule is CC(=O)Oc1ccc(Oc2ccc(SC3CC4C=CC3C4)cc2)cc1. The van der Waals surface area contributed by atoms with E-state index in [9.17, 15) is 4.79 Å². The summed E-state index contributed by atoms with van der Waals surface area (Å²) in [5.41, 5.74) is 0. The van der Waals surface area contributed by atoms with Crippen molar-refractivity contribution in [1.29, 1.82) is 0 Å². The highest BCUT2D eigenvalue weighted by molar-refractivity contribution is 8.00. The minimum atomic E-state index is -0.326. The van der Waals surface area contributed by atoms with Gasteiger partial charge < -0.3 is 9.47 Å². The van der Waals surface area contributed by atoms with E-state index in [-0.39, 0.29) is 5.97 Å². The number of carbonyl (C=O) groups excluding carboxylic acids is 1. The van der Waals surface area contributed by atoms with Gasteiger partial charge in [-0.3, -0.25) is 4.79 Å². The van der Waals surface area contributed by atoms with Crippen molar-refractivity contribution in [3.05, 3.63) is 60.7 Å². The minimum absolute atomic E-state index is 0.326. The zero-order valence-electron chi connectivity index (χ0n) is 14.1. The van der Waals surface area contributed by atoms with Crippen molar-refractivity contribution in [3.63, 3.8) is 0 Å². The number of carbonyl (C=O) groups is 1. The lowest BCUT2D eigenvalue weighted by molar-refractivity contribution is -0.131. The number of fused-ring (bicyclic) bond motifs is 2. The fourth-order valence-electron chi connectivity index (χ4n) is 3.50. The lowest BCUT2D eigenvalue weighted by Crippen LogP contribution is -2.08. The third-order valence-corrected chi connectivity index (χ3v) is 6.04. The van der Waals surface area contributed by atoms with Gasteiger partial charge in [0.2, 0.25) is 0 Å². The first-order valence-corrected chi connectivity index (χ1v) is 9.45. The average molecular weight is 352 g/mol. The maximum atomic E-state index is 10.9. The highest BCUT2D eigenvalue weighted by Crippen LogP contribution is 2.47. The molecule has 0 aliphatic heterocycles. The molecule has 3 nitrogen and oxygen atoms in total. The molecular weight excluding hydrogens is 332 g/mol. The highest BCUT2D eigenvalue weighted by atomic mass is 32.2. The standard InChI is InChI=1S/C21H20O3S/c1-14(22)23-17-4-6-18(7-5-17)24-19-8-10-20(11-9-19)25-21-13-15-2-3-16(21)12-15/h2-11,15-16,21H,12-13H2,1H3. The third-order valence-electron chi connectivity index (χ3n) is 4.65. The van der Waals surface area contributed by atoms with Gasteiger partial charge in [-0.1, -0.05) is 12.2 Å². The molecule has 2 bridgehead atoms. The minimum Gasteiger partial charge on any atom is -0.457 e. The molecule has 3 atom stereocenters. The van der Waals surface area contributed by atoms with Gasteiger partial charge in [0, 0.05) is 17.1 Å². The molecule has 0 aromatic heterocycles. The molecule has 0 heterocycles. The molecule has 2 aliphatic carbocycles. The van der Waals surface area contributed by atoms with Crippen LogP contribution in [0.2, 0.25) is 0 Å². The fourth-order valence-corrected chi connectivity index (χ4v) is 4.87. The van der Waals surface area contributed by atoms with Crippen molar-refractivity contribution in [1.82, 2.24) is 0 Å². The normalized spacial score (nSPS) is 23.6. The highest BCUT2D eigenvalue weighted by Gasteiger charge is 2.35. The number of ether oxygens (including phenoxy) is 2. The van der Waals surface area contributed by atoms with Crippen LogP contribution in [0.5, 0.6) is 17.2 Å². The summed E-state index contributed by atoms with van der Waals surface area (Å²) in [6.45, 7) is 1.39. The summed E-state index contributed by atoms with van der Waals surface area (Å²) in [7, 11) is 0. The van der Waals surface area contributed by atoms with E-state index in [1.807, 2.05) is 23.9 Å². The second-order valence-electron chi connectivity index (χ2n) is 6.58. The van der Waals surface area contributed by atoms with Gasteiger partial charge in [0.05, 0.1) is 0 Å². The van der Waals surface area contributed by atoms with Gasteiger partial charge in [0.15, 0.2) is 0 Å². The van der Waals surface area contributed by atoms with E-state index >= 15 is 0 Å². The number of allylic oxidation sites excluding steroid dienone is 2. The monoisotopic (exact) mass is 352 g/mol. The molecule has 128 valence electrons. The molecule has 1 saturated carbocycles. The largest absolute Gasteiger partial charge is 0.457 e. The Bertz CT molecular complexity index is 780. The molecule has 2 aromatic rings. The second-order valence-corrected chi connectivity index (χ2v) is 7.89. The fraction of sp³-hybridized carbons (Fsp3) is 0.286. The number of hydrogen-bond donors (Lipinski definition) is 0. The number of esters is 1. The molecule has 3 unspecified atom stereocenters. The Morgan fingerprint density at radius 3 is 2.12 bits per heavy atom. The van der Waals surface area contributed by atoms with Crippen molar-refractivity contribution in [2.75, 3.05) is 0 Å². The molecule has 4 rings (SSSR count). The van der Waals surface area contributed by atoms with E-state index in [2.05, 4.69) is 24.3 Å². The maximum absolute atomic E-state index is 10.9. The third kappa shape index (κ3) is 3.90. The second kappa shape index (κ2) is 6.96. The Balaban J connectivity index is 1.35. The molecule has 0 amide bonds. The molecule has 0 spiro atoms. The first-order chi connectivity index (χ1) is 12.2. The Hall–Kier alpha value is -2.20. The van der Waals surface area contributed by atoms with Crippen LogP contribution in [0, 0.1) is 11.8 Å². The quantitative estimate of drug-likeness (QED) is 0.407. The topological polar surface area (TPSA) is 35.5 Å². The molecule has 25 heavy (non-hydrogen) atoms. The van der Waals surface area contributed by atoms with E-state index in [1.54, 1.807) is 24.3 Å². The molecule has 2 aromatic carbocycles. The van der Waals surface area contributed by atoms with Crippen LogP contribution in [-0.2, 0) is 4.79 Å². The van der Waals surface area contributed by atoms with Crippen LogP contribution < -0.4 is 9.47 Å². The van der Waals surface area contributed by atoms with Crippen molar-refractivity contribution >= 4 is 17.7 Å². The van der Waals surface area contributed by atoms with E-state index in [0.717, 1.165) is 28.6 Å². The predicted octanol–water partition coefficient (Wildman–Crippen LogP) is 5.46. The van der Waals surface area contributed by atoms with E-state index in [4.69, 9.17) is 9.47 Å². The van der Waals surface area contributed by atoms with Crippen LogP contribution in [0.1, 0.15) is 19.8 Å². The Labute approximate surface area is 152 Å². The van der Waals surface area contributed by atoms with E-state index in [0.29, 0.717) is 5.75 Å². The van der Waals surface area contributed by atoms with Gasteiger partial charge in [-0.15, -0.1) is 11.8 Å². The summed E-state index contributed by atoms with van der Waals surface area (Å²) in [5, 5.41) is 0.718. The average Bonchev–Trinajstić information content (AvgIpc) is 3.21. The molecular formula is C21H20O3S. The van der Waals surface area contributed by atoms with Crippen molar-refractivity contribution in [3.8, 4) is 17.2 Å². The maximum Gasteiger partial charge on any atom is 0.308 e. The summed E-state index contributed by atoms with van der Waals surface area (Å²) in [6, 6.07) is 15.3. The first-order valence-electron chi connectivity index (χ1n) is 8.57. The summed E-state index contributed by atoms with van der Waals surface area (Å²) >= 11 is 1.98.